The first-order valence-corrected chi connectivity index (χ1v) is 14.9. The number of hydrogen-bond acceptors (Lipinski definition) is 7. The number of rotatable bonds is 9. The van der Waals surface area contributed by atoms with Crippen molar-refractivity contribution in [2.45, 2.75) is 69.7 Å². The fourth-order valence-electron chi connectivity index (χ4n) is 5.48. The van der Waals surface area contributed by atoms with Gasteiger partial charge in [0.25, 0.3) is 0 Å². The molecule has 1 aliphatic carbocycles. The molecule has 2 atom stereocenters. The molecule has 2 aromatic carbocycles. The summed E-state index contributed by atoms with van der Waals surface area (Å²) in [5.41, 5.74) is 1.02. The Balaban J connectivity index is 1.45. The average Bonchev–Trinajstić information content (AvgIpc) is 3.48. The summed E-state index contributed by atoms with van der Waals surface area (Å²) in [5, 5.41) is 15.3. The molecule has 10 heteroatoms. The molecule has 10 nitrogen and oxygen atoms in total. The highest BCUT2D eigenvalue weighted by Gasteiger charge is 2.39. The van der Waals surface area contributed by atoms with Gasteiger partial charge in [-0.2, -0.15) is 0 Å². The van der Waals surface area contributed by atoms with Gasteiger partial charge in [-0.1, -0.05) is 85.7 Å². The van der Waals surface area contributed by atoms with Gasteiger partial charge >= 0.3 is 12.1 Å². The topological polar surface area (TPSA) is 134 Å². The van der Waals surface area contributed by atoms with E-state index >= 15 is 0 Å². The number of cyclic esters (lactones) is 1. The van der Waals surface area contributed by atoms with Crippen LogP contribution in [0.4, 0.5) is 4.79 Å². The lowest BCUT2D eigenvalue weighted by molar-refractivity contribution is -0.149. The molecule has 43 heavy (non-hydrogen) atoms. The zero-order chi connectivity index (χ0) is 30.5. The van der Waals surface area contributed by atoms with Crippen molar-refractivity contribution in [1.29, 1.82) is 0 Å². The minimum atomic E-state index is -0.973. The Morgan fingerprint density at radius 1 is 0.977 bits per heavy atom. The number of carbonyl (C=O) groups is 4. The van der Waals surface area contributed by atoms with Crippen LogP contribution >= 0.6 is 0 Å². The molecule has 0 radical (unpaired) electrons. The van der Waals surface area contributed by atoms with Crippen LogP contribution in [-0.2, 0) is 37.0 Å². The Hall–Kier alpha value is -4.18. The number of allylic oxidation sites excluding steroid dienone is 1. The Morgan fingerprint density at radius 3 is 2.30 bits per heavy atom. The van der Waals surface area contributed by atoms with Crippen LogP contribution in [0.2, 0.25) is 0 Å². The zero-order valence-electron chi connectivity index (χ0n) is 24.4. The molecule has 2 aromatic rings. The fraction of sp³-hybridized carbons (Fsp3) is 0.455. The van der Waals surface area contributed by atoms with Crippen molar-refractivity contribution >= 4 is 23.9 Å². The van der Waals surface area contributed by atoms with Crippen LogP contribution in [0.3, 0.4) is 0 Å². The molecular weight excluding hydrogens is 550 g/mol. The van der Waals surface area contributed by atoms with E-state index in [1.165, 1.54) is 0 Å². The lowest BCUT2D eigenvalue weighted by Crippen LogP contribution is -2.53. The minimum Gasteiger partial charge on any atom is -0.462 e. The van der Waals surface area contributed by atoms with E-state index in [0.29, 0.717) is 19.4 Å². The van der Waals surface area contributed by atoms with E-state index in [9.17, 15) is 24.3 Å². The zero-order valence-corrected chi connectivity index (χ0v) is 24.4. The fourth-order valence-corrected chi connectivity index (χ4v) is 5.48. The smallest absolute Gasteiger partial charge is 0.408 e. The van der Waals surface area contributed by atoms with Crippen molar-refractivity contribution in [2.75, 3.05) is 19.8 Å². The summed E-state index contributed by atoms with van der Waals surface area (Å²) < 4.78 is 11.0. The molecule has 1 spiro atoms. The number of nitrogens with zero attached hydrogens (tertiary/aromatic N) is 1. The molecule has 1 heterocycles. The van der Waals surface area contributed by atoms with Gasteiger partial charge in [0.2, 0.25) is 11.8 Å². The lowest BCUT2D eigenvalue weighted by Gasteiger charge is -2.33. The van der Waals surface area contributed by atoms with Crippen LogP contribution in [0.15, 0.2) is 72.8 Å². The van der Waals surface area contributed by atoms with Crippen LogP contribution in [-0.4, -0.2) is 65.2 Å². The monoisotopic (exact) mass is 591 g/mol. The maximum Gasteiger partial charge on any atom is 0.408 e. The number of benzene rings is 2. The molecule has 3 N–H and O–H groups in total. The van der Waals surface area contributed by atoms with Crippen LogP contribution in [0, 0.1) is 5.92 Å². The molecule has 230 valence electrons. The number of nitrogens with one attached hydrogen (secondary N) is 2. The highest BCUT2D eigenvalue weighted by atomic mass is 16.6. The molecule has 0 bridgehead atoms. The highest BCUT2D eigenvalue weighted by molar-refractivity contribution is 5.86. The molecule has 3 amide bonds. The Bertz CT molecular complexity index is 1250. The summed E-state index contributed by atoms with van der Waals surface area (Å²) in [7, 11) is 0. The number of carbonyl (C=O) groups excluding carboxylic acids is 4. The van der Waals surface area contributed by atoms with Gasteiger partial charge in [-0.15, -0.1) is 0 Å². The number of aliphatic hydroxyl groups is 1. The van der Waals surface area contributed by atoms with Gasteiger partial charge in [-0.05, 0) is 36.8 Å². The number of amides is 3. The summed E-state index contributed by atoms with van der Waals surface area (Å²) in [4.78, 5) is 54.1. The third-order valence-electron chi connectivity index (χ3n) is 7.92. The van der Waals surface area contributed by atoms with Crippen LogP contribution < -0.4 is 10.6 Å². The normalized spacial score (nSPS) is 20.3. The standard InChI is InChI=1S/C33H41N3O7/c37-20-19-36(22-25-11-3-1-4-12-25)29(38)21-27-15-7-8-16-28(34-32(41)42-23-26-13-5-2-6-14-26)31(40)43-24-33(35-30(27)39)17-9-10-18-33/h1-8,11-14,27-28,37H,9-10,15-24H2,(H,34,41)(H,35,39)/t27-,28-/m1/s1. The number of ether oxygens (including phenoxy) is 2. The maximum absolute atomic E-state index is 13.6. The second kappa shape index (κ2) is 15.9. The lowest BCUT2D eigenvalue weighted by atomic mass is 9.93. The summed E-state index contributed by atoms with van der Waals surface area (Å²) >= 11 is 0. The van der Waals surface area contributed by atoms with Gasteiger partial charge in [0.1, 0.15) is 19.3 Å². The molecular formula is C33H41N3O7. The third-order valence-corrected chi connectivity index (χ3v) is 7.92. The number of aliphatic hydroxyl groups excluding tert-OH is 1. The SMILES string of the molecule is O=C(N[C@@H]1CC=CC[C@H](CC(=O)N(CCO)Cc2ccccc2)C(=O)NC2(CCCC2)COC1=O)OCc1ccccc1. The second-order valence-electron chi connectivity index (χ2n) is 11.2. The van der Waals surface area contributed by atoms with Gasteiger partial charge in [-0.25, -0.2) is 9.59 Å². The second-order valence-corrected chi connectivity index (χ2v) is 11.2. The van der Waals surface area contributed by atoms with Crippen molar-refractivity contribution in [3.05, 3.63) is 83.9 Å². The Kier molecular flexibility index (Phi) is 11.7. The molecule has 0 aromatic heterocycles. The predicted molar refractivity (Wildman–Crippen MR) is 159 cm³/mol. The van der Waals surface area contributed by atoms with Crippen molar-refractivity contribution in [3.8, 4) is 0 Å². The molecule has 1 fully saturated rings. The summed E-state index contributed by atoms with van der Waals surface area (Å²) in [6.07, 6.45) is 6.13. The predicted octanol–water partition coefficient (Wildman–Crippen LogP) is 3.63. The van der Waals surface area contributed by atoms with E-state index < -0.39 is 29.6 Å². The molecule has 0 unspecified atom stereocenters. The minimum absolute atomic E-state index is 0.0240. The van der Waals surface area contributed by atoms with Gasteiger partial charge in [0, 0.05) is 19.5 Å². The summed E-state index contributed by atoms with van der Waals surface area (Å²) in [6, 6.07) is 17.8. The quantitative estimate of drug-likeness (QED) is 0.300. The van der Waals surface area contributed by atoms with Gasteiger partial charge in [0.15, 0.2) is 0 Å². The molecule has 0 saturated heterocycles. The van der Waals surface area contributed by atoms with E-state index in [1.807, 2.05) is 60.7 Å². The van der Waals surface area contributed by atoms with Crippen molar-refractivity contribution in [1.82, 2.24) is 15.5 Å². The third kappa shape index (κ3) is 9.68. The summed E-state index contributed by atoms with van der Waals surface area (Å²) in [5.74, 6) is -1.75. The van der Waals surface area contributed by atoms with E-state index in [2.05, 4.69) is 10.6 Å². The first-order chi connectivity index (χ1) is 20.9. The molecule has 1 aliphatic heterocycles. The Labute approximate surface area is 252 Å². The van der Waals surface area contributed by atoms with E-state index in [-0.39, 0.29) is 57.4 Å². The van der Waals surface area contributed by atoms with E-state index in [0.717, 1.165) is 24.0 Å². The van der Waals surface area contributed by atoms with E-state index in [4.69, 9.17) is 9.47 Å². The molecule has 4 rings (SSSR count). The van der Waals surface area contributed by atoms with Gasteiger partial charge in [-0.3, -0.25) is 9.59 Å². The van der Waals surface area contributed by atoms with Crippen molar-refractivity contribution in [3.63, 3.8) is 0 Å². The largest absolute Gasteiger partial charge is 0.462 e. The maximum atomic E-state index is 13.6. The van der Waals surface area contributed by atoms with Crippen molar-refractivity contribution in [2.24, 2.45) is 5.92 Å². The average molecular weight is 592 g/mol. The van der Waals surface area contributed by atoms with Crippen LogP contribution in [0.5, 0.6) is 0 Å². The van der Waals surface area contributed by atoms with Crippen molar-refractivity contribution < 1.29 is 33.8 Å². The molecule has 1 saturated carbocycles. The van der Waals surface area contributed by atoms with Crippen LogP contribution in [0.25, 0.3) is 0 Å². The first-order valence-electron chi connectivity index (χ1n) is 14.9. The summed E-state index contributed by atoms with van der Waals surface area (Å²) in [6.45, 7) is 0.339. The highest BCUT2D eigenvalue weighted by Crippen LogP contribution is 2.31. The Morgan fingerprint density at radius 2 is 1.63 bits per heavy atom. The first kappa shape index (κ1) is 31.7. The number of hydrogen-bond donors (Lipinski definition) is 3. The molecule has 2 aliphatic rings. The number of esters is 1. The number of alkyl carbamates (subject to hydrolysis) is 1. The van der Waals surface area contributed by atoms with Gasteiger partial charge < -0.3 is 30.1 Å². The van der Waals surface area contributed by atoms with E-state index in [1.54, 1.807) is 17.1 Å². The van der Waals surface area contributed by atoms with Crippen LogP contribution in [0.1, 0.15) is 56.1 Å². The van der Waals surface area contributed by atoms with Gasteiger partial charge in [0.05, 0.1) is 18.1 Å².